The zero-order valence-electron chi connectivity index (χ0n) is 16.9. The van der Waals surface area contributed by atoms with Crippen molar-refractivity contribution in [3.8, 4) is 0 Å². The predicted molar refractivity (Wildman–Crippen MR) is 108 cm³/mol. The van der Waals surface area contributed by atoms with Gasteiger partial charge in [-0.1, -0.05) is 12.1 Å². The van der Waals surface area contributed by atoms with E-state index in [9.17, 15) is 9.18 Å². The molecule has 3 nitrogen and oxygen atoms in total. The minimum Gasteiger partial charge on any atom is -0.342 e. The summed E-state index contributed by atoms with van der Waals surface area (Å²) in [7, 11) is 0. The molecule has 2 saturated carbocycles. The molecule has 0 aromatic heterocycles. The third kappa shape index (κ3) is 3.72. The van der Waals surface area contributed by atoms with Crippen molar-refractivity contribution in [1.29, 1.82) is 0 Å². The van der Waals surface area contributed by atoms with Gasteiger partial charge < -0.3 is 4.90 Å². The lowest BCUT2D eigenvalue weighted by Gasteiger charge is -2.38. The molecule has 1 amide bonds. The van der Waals surface area contributed by atoms with Crippen LogP contribution in [-0.4, -0.2) is 41.9 Å². The number of amides is 1. The molecule has 3 aliphatic heterocycles. The standard InChI is InChI=1S/C24H33FN2O/c25-23-13-19(7-8-20(23)16-26-9-1-2-10-26)21-11-22(12-21)24(28)27-14-17-3-4-18(15-27)6-5-17/h7-8,13,17-18,21-22H,1-6,9-12,14-16H2/t17?,18?,21-,22-. The Morgan fingerprint density at radius 1 is 1.00 bits per heavy atom. The zero-order chi connectivity index (χ0) is 19.1. The fraction of sp³-hybridized carbons (Fsp3) is 0.708. The van der Waals surface area contributed by atoms with E-state index in [1.54, 1.807) is 6.07 Å². The predicted octanol–water partition coefficient (Wildman–Crippen LogP) is 4.56. The van der Waals surface area contributed by atoms with Crippen molar-refractivity contribution in [1.82, 2.24) is 9.80 Å². The van der Waals surface area contributed by atoms with Gasteiger partial charge in [-0.3, -0.25) is 9.69 Å². The van der Waals surface area contributed by atoms with E-state index in [1.165, 1.54) is 38.5 Å². The first-order valence-corrected chi connectivity index (χ1v) is 11.4. The molecule has 28 heavy (non-hydrogen) atoms. The molecule has 5 fully saturated rings. The molecule has 2 bridgehead atoms. The highest BCUT2D eigenvalue weighted by Crippen LogP contribution is 2.44. The molecule has 1 aromatic carbocycles. The van der Waals surface area contributed by atoms with Crippen LogP contribution in [0.1, 0.15) is 68.4 Å². The van der Waals surface area contributed by atoms with E-state index in [4.69, 9.17) is 0 Å². The molecule has 3 heterocycles. The van der Waals surface area contributed by atoms with Crippen LogP contribution in [0.4, 0.5) is 4.39 Å². The lowest BCUT2D eigenvalue weighted by molar-refractivity contribution is -0.139. The Kier molecular flexibility index (Phi) is 5.17. The minimum atomic E-state index is -0.0664. The summed E-state index contributed by atoms with van der Waals surface area (Å²) >= 11 is 0. The molecule has 0 atom stereocenters. The molecule has 0 spiro atoms. The average molecular weight is 385 g/mol. The van der Waals surface area contributed by atoms with Gasteiger partial charge in [-0.15, -0.1) is 0 Å². The molecule has 4 heteroatoms. The van der Waals surface area contributed by atoms with E-state index >= 15 is 0 Å². The van der Waals surface area contributed by atoms with Gasteiger partial charge in [-0.05, 0) is 93.8 Å². The lowest BCUT2D eigenvalue weighted by atomic mass is 9.70. The molecule has 5 aliphatic rings. The van der Waals surface area contributed by atoms with Crippen molar-refractivity contribution in [3.63, 3.8) is 0 Å². The van der Waals surface area contributed by atoms with Crippen molar-refractivity contribution >= 4 is 5.91 Å². The van der Waals surface area contributed by atoms with Crippen LogP contribution in [0.15, 0.2) is 18.2 Å². The van der Waals surface area contributed by atoms with Crippen LogP contribution in [-0.2, 0) is 11.3 Å². The Balaban J connectivity index is 1.17. The molecule has 3 saturated heterocycles. The first-order chi connectivity index (χ1) is 13.7. The molecule has 152 valence electrons. The van der Waals surface area contributed by atoms with Crippen molar-refractivity contribution in [3.05, 3.63) is 35.1 Å². The molecule has 6 rings (SSSR count). The first kappa shape index (κ1) is 18.6. The number of fused-ring (bicyclic) bond motifs is 4. The summed E-state index contributed by atoms with van der Waals surface area (Å²) in [6.45, 7) is 4.87. The summed E-state index contributed by atoms with van der Waals surface area (Å²) in [5, 5.41) is 0. The fourth-order valence-electron chi connectivity index (χ4n) is 5.95. The van der Waals surface area contributed by atoms with Gasteiger partial charge in [0.15, 0.2) is 0 Å². The third-order valence-electron chi connectivity index (χ3n) is 7.86. The van der Waals surface area contributed by atoms with E-state index in [0.29, 0.717) is 11.8 Å². The van der Waals surface area contributed by atoms with Crippen molar-refractivity contribution in [2.24, 2.45) is 17.8 Å². The Labute approximate surface area is 168 Å². The Bertz CT molecular complexity index is 701. The summed E-state index contributed by atoms with van der Waals surface area (Å²) in [5.74, 6) is 2.29. The van der Waals surface area contributed by atoms with Gasteiger partial charge in [0.25, 0.3) is 0 Å². The third-order valence-corrected chi connectivity index (χ3v) is 7.86. The van der Waals surface area contributed by atoms with Crippen LogP contribution < -0.4 is 0 Å². The zero-order valence-corrected chi connectivity index (χ0v) is 16.9. The van der Waals surface area contributed by atoms with Crippen LogP contribution in [0.2, 0.25) is 0 Å². The van der Waals surface area contributed by atoms with Gasteiger partial charge in [0, 0.05) is 31.1 Å². The van der Waals surface area contributed by atoms with Crippen molar-refractivity contribution in [2.45, 2.75) is 63.8 Å². The number of hydrogen-bond donors (Lipinski definition) is 0. The smallest absolute Gasteiger partial charge is 0.225 e. The SMILES string of the molecule is O=C([C@H]1C[C@H](c2ccc(CN3CCCC3)c(F)c2)C1)N1CC2CCC(CC2)C1. The number of benzene rings is 1. The number of hydrogen-bond acceptors (Lipinski definition) is 2. The molecular formula is C24H33FN2O. The van der Waals surface area contributed by atoms with Crippen LogP contribution >= 0.6 is 0 Å². The van der Waals surface area contributed by atoms with E-state index in [2.05, 4.69) is 15.9 Å². The van der Waals surface area contributed by atoms with Crippen LogP contribution in [0.5, 0.6) is 0 Å². The number of nitrogens with zero attached hydrogens (tertiary/aromatic N) is 2. The Hall–Kier alpha value is -1.42. The topological polar surface area (TPSA) is 23.6 Å². The monoisotopic (exact) mass is 384 g/mol. The highest BCUT2D eigenvalue weighted by molar-refractivity contribution is 5.80. The number of likely N-dealkylation sites (tertiary alicyclic amines) is 1. The second-order valence-corrected chi connectivity index (χ2v) is 9.83. The first-order valence-electron chi connectivity index (χ1n) is 11.4. The summed E-state index contributed by atoms with van der Waals surface area (Å²) in [6, 6.07) is 5.82. The normalized spacial score (nSPS) is 33.0. The van der Waals surface area contributed by atoms with Crippen LogP contribution in [0.25, 0.3) is 0 Å². The van der Waals surface area contributed by atoms with E-state index in [1.807, 2.05) is 6.07 Å². The molecule has 1 aromatic rings. The highest BCUT2D eigenvalue weighted by Gasteiger charge is 2.40. The largest absolute Gasteiger partial charge is 0.342 e. The average Bonchev–Trinajstić information content (AvgIpc) is 2.98. The lowest BCUT2D eigenvalue weighted by Crippen LogP contribution is -2.43. The van der Waals surface area contributed by atoms with Crippen molar-refractivity contribution < 1.29 is 9.18 Å². The van der Waals surface area contributed by atoms with Gasteiger partial charge in [0.2, 0.25) is 5.91 Å². The minimum absolute atomic E-state index is 0.0664. The van der Waals surface area contributed by atoms with Gasteiger partial charge in [-0.25, -0.2) is 4.39 Å². The summed E-state index contributed by atoms with van der Waals surface area (Å²) in [4.78, 5) is 17.5. The maximum absolute atomic E-state index is 14.6. The molecule has 0 N–H and O–H groups in total. The molecule has 0 unspecified atom stereocenters. The number of carbonyl (C=O) groups excluding carboxylic acids is 1. The van der Waals surface area contributed by atoms with Crippen LogP contribution in [0.3, 0.4) is 0 Å². The van der Waals surface area contributed by atoms with E-state index < -0.39 is 0 Å². The molecule has 0 radical (unpaired) electrons. The summed E-state index contributed by atoms with van der Waals surface area (Å²) < 4.78 is 14.6. The second-order valence-electron chi connectivity index (χ2n) is 9.83. The van der Waals surface area contributed by atoms with Crippen LogP contribution in [0, 0.1) is 23.6 Å². The Morgan fingerprint density at radius 2 is 1.64 bits per heavy atom. The van der Waals surface area contributed by atoms with Gasteiger partial charge in [0.1, 0.15) is 5.82 Å². The maximum Gasteiger partial charge on any atom is 0.225 e. The Morgan fingerprint density at radius 3 is 2.25 bits per heavy atom. The quantitative estimate of drug-likeness (QED) is 0.760. The molecular weight excluding hydrogens is 351 g/mol. The van der Waals surface area contributed by atoms with Gasteiger partial charge >= 0.3 is 0 Å². The molecule has 2 aliphatic carbocycles. The van der Waals surface area contributed by atoms with E-state index in [-0.39, 0.29) is 11.7 Å². The number of carbonyl (C=O) groups is 1. The van der Waals surface area contributed by atoms with Gasteiger partial charge in [-0.2, -0.15) is 0 Å². The van der Waals surface area contributed by atoms with Crippen molar-refractivity contribution in [2.75, 3.05) is 26.2 Å². The highest BCUT2D eigenvalue weighted by atomic mass is 19.1. The van der Waals surface area contributed by atoms with E-state index in [0.717, 1.165) is 68.5 Å². The van der Waals surface area contributed by atoms with Gasteiger partial charge in [0.05, 0.1) is 0 Å². The number of rotatable bonds is 4. The summed E-state index contributed by atoms with van der Waals surface area (Å²) in [5.41, 5.74) is 1.90. The fourth-order valence-corrected chi connectivity index (χ4v) is 5.95. The maximum atomic E-state index is 14.6. The summed E-state index contributed by atoms with van der Waals surface area (Å²) in [6.07, 6.45) is 9.50. The number of halogens is 1. The second kappa shape index (κ2) is 7.78.